The third kappa shape index (κ3) is 6.15. The first-order valence-corrected chi connectivity index (χ1v) is 12.1. The van der Waals surface area contributed by atoms with E-state index in [0.29, 0.717) is 0 Å². The van der Waals surface area contributed by atoms with Gasteiger partial charge in [-0.25, -0.2) is 8.42 Å². The minimum atomic E-state index is -4.82. The van der Waals surface area contributed by atoms with E-state index in [1.54, 1.807) is 6.92 Å². The van der Waals surface area contributed by atoms with Crippen molar-refractivity contribution in [2.45, 2.75) is 36.9 Å². The van der Waals surface area contributed by atoms with Crippen LogP contribution in [0.15, 0.2) is 59.5 Å². The van der Waals surface area contributed by atoms with Gasteiger partial charge in [-0.05, 0) is 37.5 Å². The average Bonchev–Trinajstić information content (AvgIpc) is 2.82. The van der Waals surface area contributed by atoms with E-state index in [4.69, 9.17) is 4.74 Å². The van der Waals surface area contributed by atoms with Gasteiger partial charge in [-0.2, -0.15) is 17.5 Å². The van der Waals surface area contributed by atoms with E-state index in [1.807, 2.05) is 30.3 Å². The fourth-order valence-corrected chi connectivity index (χ4v) is 5.44. The van der Waals surface area contributed by atoms with Crippen molar-refractivity contribution in [2.75, 3.05) is 19.7 Å². The standard InChI is InChI=1S/C23H25F3N2O5S/c1-16(17-7-3-2-4-8-17)27-21(29)15-33-22(30)18-11-13-28(14-12-18)34(31,32)20-10-6-5-9-19(20)23(24,25)26/h2-10,16,18H,11-15H2,1H3,(H,27,29)/t16-/m1/s1. The van der Waals surface area contributed by atoms with Gasteiger partial charge in [-0.15, -0.1) is 0 Å². The maximum atomic E-state index is 13.3. The van der Waals surface area contributed by atoms with Gasteiger partial charge in [-0.1, -0.05) is 42.5 Å². The molecule has 34 heavy (non-hydrogen) atoms. The van der Waals surface area contributed by atoms with Crippen LogP contribution in [0.5, 0.6) is 0 Å². The summed E-state index contributed by atoms with van der Waals surface area (Å²) in [7, 11) is -4.39. The number of nitrogens with zero attached hydrogens (tertiary/aromatic N) is 1. The lowest BCUT2D eigenvalue weighted by atomic mass is 9.98. The summed E-state index contributed by atoms with van der Waals surface area (Å²) in [5.41, 5.74) is -0.338. The van der Waals surface area contributed by atoms with Gasteiger partial charge in [0.25, 0.3) is 5.91 Å². The molecule has 1 heterocycles. The summed E-state index contributed by atoms with van der Waals surface area (Å²) in [5, 5.41) is 2.72. The van der Waals surface area contributed by atoms with Crippen molar-refractivity contribution in [3.05, 3.63) is 65.7 Å². The normalized spacial score (nSPS) is 16.6. The van der Waals surface area contributed by atoms with Crippen LogP contribution >= 0.6 is 0 Å². The maximum Gasteiger partial charge on any atom is 0.417 e. The molecule has 184 valence electrons. The monoisotopic (exact) mass is 498 g/mol. The highest BCUT2D eigenvalue weighted by atomic mass is 32.2. The lowest BCUT2D eigenvalue weighted by molar-refractivity contribution is -0.153. The number of esters is 1. The van der Waals surface area contributed by atoms with Crippen LogP contribution in [-0.2, 0) is 30.5 Å². The molecule has 3 rings (SSSR count). The van der Waals surface area contributed by atoms with Gasteiger partial charge in [0.05, 0.1) is 22.4 Å². The van der Waals surface area contributed by atoms with E-state index in [2.05, 4.69) is 5.32 Å². The topological polar surface area (TPSA) is 92.8 Å². The molecule has 0 radical (unpaired) electrons. The third-order valence-corrected chi connectivity index (χ3v) is 7.58. The highest BCUT2D eigenvalue weighted by Crippen LogP contribution is 2.36. The number of sulfonamides is 1. The molecule has 2 aromatic carbocycles. The van der Waals surface area contributed by atoms with Gasteiger partial charge in [0.2, 0.25) is 10.0 Å². The zero-order valence-electron chi connectivity index (χ0n) is 18.4. The predicted molar refractivity (Wildman–Crippen MR) is 117 cm³/mol. The van der Waals surface area contributed by atoms with Gasteiger partial charge in [0.15, 0.2) is 6.61 Å². The molecule has 1 N–H and O–H groups in total. The van der Waals surface area contributed by atoms with E-state index in [1.165, 1.54) is 6.07 Å². The van der Waals surface area contributed by atoms with Crippen molar-refractivity contribution >= 4 is 21.9 Å². The number of hydrogen-bond acceptors (Lipinski definition) is 5. The molecule has 1 fully saturated rings. The average molecular weight is 499 g/mol. The largest absolute Gasteiger partial charge is 0.455 e. The molecule has 1 atom stereocenters. The summed E-state index contributed by atoms with van der Waals surface area (Å²) < 4.78 is 71.5. The molecule has 1 amide bonds. The second-order valence-electron chi connectivity index (χ2n) is 7.98. The quantitative estimate of drug-likeness (QED) is 0.590. The van der Waals surface area contributed by atoms with Crippen LogP contribution in [0.1, 0.15) is 36.9 Å². The van der Waals surface area contributed by atoms with E-state index < -0.39 is 51.1 Å². The Balaban J connectivity index is 1.53. The first-order valence-electron chi connectivity index (χ1n) is 10.7. The molecule has 2 aromatic rings. The summed E-state index contributed by atoms with van der Waals surface area (Å²) in [6.07, 6.45) is -4.66. The molecule has 0 saturated carbocycles. The number of ether oxygens (including phenoxy) is 1. The molecule has 7 nitrogen and oxygen atoms in total. The van der Waals surface area contributed by atoms with Gasteiger partial charge < -0.3 is 10.1 Å². The number of amides is 1. The number of carbonyl (C=O) groups excluding carboxylic acids is 2. The third-order valence-electron chi connectivity index (χ3n) is 5.62. The first-order chi connectivity index (χ1) is 16.0. The number of alkyl halides is 3. The number of hydrogen-bond donors (Lipinski definition) is 1. The zero-order chi connectivity index (χ0) is 24.9. The summed E-state index contributed by atoms with van der Waals surface area (Å²) in [4.78, 5) is 23.6. The van der Waals surface area contributed by atoms with E-state index >= 15 is 0 Å². The molecule has 0 bridgehead atoms. The molecule has 11 heteroatoms. The zero-order valence-corrected chi connectivity index (χ0v) is 19.2. The van der Waals surface area contributed by atoms with Crippen molar-refractivity contribution in [3.63, 3.8) is 0 Å². The highest BCUT2D eigenvalue weighted by molar-refractivity contribution is 7.89. The first kappa shape index (κ1) is 25.7. The van der Waals surface area contributed by atoms with Gasteiger partial charge in [-0.3, -0.25) is 9.59 Å². The lowest BCUT2D eigenvalue weighted by Crippen LogP contribution is -2.41. The van der Waals surface area contributed by atoms with E-state index in [-0.39, 0.29) is 32.0 Å². The second kappa shape index (κ2) is 10.6. The summed E-state index contributed by atoms with van der Waals surface area (Å²) in [6.45, 7) is 1.05. The van der Waals surface area contributed by atoms with Crippen LogP contribution in [0.3, 0.4) is 0 Å². The summed E-state index contributed by atoms with van der Waals surface area (Å²) in [6, 6.07) is 13.0. The molecule has 1 saturated heterocycles. The van der Waals surface area contributed by atoms with Gasteiger partial charge >= 0.3 is 12.1 Å². The van der Waals surface area contributed by atoms with E-state index in [0.717, 1.165) is 28.1 Å². The minimum Gasteiger partial charge on any atom is -0.455 e. The number of benzene rings is 2. The smallest absolute Gasteiger partial charge is 0.417 e. The van der Waals surface area contributed by atoms with Crippen LogP contribution in [0.2, 0.25) is 0 Å². The number of halogens is 3. The van der Waals surface area contributed by atoms with Crippen LogP contribution in [0.4, 0.5) is 13.2 Å². The summed E-state index contributed by atoms with van der Waals surface area (Å²) in [5.74, 6) is -1.77. The maximum absolute atomic E-state index is 13.3. The Labute approximate surface area is 196 Å². The predicted octanol–water partition coefficient (Wildman–Crippen LogP) is 3.53. The van der Waals surface area contributed by atoms with Crippen molar-refractivity contribution in [3.8, 4) is 0 Å². The van der Waals surface area contributed by atoms with Crippen molar-refractivity contribution in [2.24, 2.45) is 5.92 Å². The Kier molecular flexibility index (Phi) is 7.98. The van der Waals surface area contributed by atoms with Gasteiger partial charge in [0.1, 0.15) is 0 Å². The molecule has 1 aliphatic rings. The fourth-order valence-electron chi connectivity index (χ4n) is 3.76. The molecule has 0 unspecified atom stereocenters. The molecule has 0 aliphatic carbocycles. The number of nitrogens with one attached hydrogen (secondary N) is 1. The van der Waals surface area contributed by atoms with Crippen molar-refractivity contribution < 1.29 is 35.9 Å². The Hall–Kier alpha value is -2.92. The van der Waals surface area contributed by atoms with Crippen LogP contribution in [0.25, 0.3) is 0 Å². The number of piperidine rings is 1. The van der Waals surface area contributed by atoms with Crippen molar-refractivity contribution in [1.29, 1.82) is 0 Å². The Morgan fingerprint density at radius 3 is 2.26 bits per heavy atom. The molecule has 0 spiro atoms. The number of rotatable bonds is 7. The fraction of sp³-hybridized carbons (Fsp3) is 0.391. The van der Waals surface area contributed by atoms with E-state index in [9.17, 15) is 31.2 Å². The van der Waals surface area contributed by atoms with Crippen LogP contribution < -0.4 is 5.32 Å². The number of carbonyl (C=O) groups is 2. The molecular weight excluding hydrogens is 473 g/mol. The highest BCUT2D eigenvalue weighted by Gasteiger charge is 2.40. The van der Waals surface area contributed by atoms with Crippen LogP contribution in [0, 0.1) is 5.92 Å². The lowest BCUT2D eigenvalue weighted by Gasteiger charge is -2.30. The molecule has 1 aliphatic heterocycles. The minimum absolute atomic E-state index is 0.0777. The van der Waals surface area contributed by atoms with Gasteiger partial charge in [0, 0.05) is 13.1 Å². The second-order valence-corrected chi connectivity index (χ2v) is 9.89. The molecule has 0 aromatic heterocycles. The molecular formula is C23H25F3N2O5S. The Morgan fingerprint density at radius 1 is 1.06 bits per heavy atom. The Morgan fingerprint density at radius 2 is 1.65 bits per heavy atom. The summed E-state index contributed by atoms with van der Waals surface area (Å²) >= 11 is 0. The van der Waals surface area contributed by atoms with Crippen LogP contribution in [-0.4, -0.2) is 44.3 Å². The SMILES string of the molecule is C[C@@H](NC(=O)COC(=O)C1CCN(S(=O)(=O)c2ccccc2C(F)(F)F)CC1)c1ccccc1. The Bertz CT molecular complexity index is 1110. The van der Waals surface area contributed by atoms with Crippen molar-refractivity contribution in [1.82, 2.24) is 9.62 Å².